The lowest BCUT2D eigenvalue weighted by atomic mass is 10.2. The number of hydrogen-bond donors (Lipinski definition) is 1. The molecule has 2 aromatic heterocycles. The van der Waals surface area contributed by atoms with Gasteiger partial charge in [0.15, 0.2) is 15.6 Å². The fourth-order valence-corrected chi connectivity index (χ4v) is 4.13. The number of rotatable bonds is 12. The lowest BCUT2D eigenvalue weighted by Crippen LogP contribution is -2.07. The SMILES string of the molecule is C/C=C(\C=C/CC)c1cnc(Nc2cc(S(=O)(=O)CC)ccc2OCCCc2ccccn2)o1. The maximum absolute atomic E-state index is 12.4. The topological polar surface area (TPSA) is 94.3 Å². The number of pyridine rings is 1. The molecule has 0 atom stereocenters. The van der Waals surface area contributed by atoms with E-state index in [1.165, 1.54) is 0 Å². The Morgan fingerprint density at radius 1 is 1.18 bits per heavy atom. The van der Waals surface area contributed by atoms with Crippen molar-refractivity contribution >= 4 is 27.1 Å². The van der Waals surface area contributed by atoms with E-state index in [9.17, 15) is 8.42 Å². The van der Waals surface area contributed by atoms with Crippen LogP contribution in [0, 0.1) is 0 Å². The van der Waals surface area contributed by atoms with Crippen LogP contribution in [-0.4, -0.2) is 30.7 Å². The van der Waals surface area contributed by atoms with E-state index in [1.54, 1.807) is 37.5 Å². The third-order valence-corrected chi connectivity index (χ3v) is 6.86. The Labute approximate surface area is 201 Å². The summed E-state index contributed by atoms with van der Waals surface area (Å²) in [6.45, 7) is 6.06. The summed E-state index contributed by atoms with van der Waals surface area (Å²) in [6, 6.07) is 10.9. The highest BCUT2D eigenvalue weighted by molar-refractivity contribution is 7.91. The molecule has 34 heavy (non-hydrogen) atoms. The number of ether oxygens (including phenoxy) is 1. The fraction of sp³-hybridized carbons (Fsp3) is 0.308. The van der Waals surface area contributed by atoms with E-state index in [4.69, 9.17) is 9.15 Å². The van der Waals surface area contributed by atoms with Gasteiger partial charge in [0.1, 0.15) is 5.75 Å². The maximum atomic E-state index is 12.4. The van der Waals surface area contributed by atoms with Crippen LogP contribution in [0.15, 0.2) is 76.3 Å². The molecule has 0 bridgehead atoms. The van der Waals surface area contributed by atoms with Crippen LogP contribution < -0.4 is 10.1 Å². The fourth-order valence-electron chi connectivity index (χ4n) is 3.22. The second kappa shape index (κ2) is 12.2. The molecule has 0 unspecified atom stereocenters. The molecule has 0 amide bonds. The van der Waals surface area contributed by atoms with E-state index in [0.29, 0.717) is 23.8 Å². The first kappa shape index (κ1) is 25.2. The monoisotopic (exact) mass is 481 g/mol. The molecule has 180 valence electrons. The summed E-state index contributed by atoms with van der Waals surface area (Å²) in [6.07, 6.45) is 11.8. The summed E-state index contributed by atoms with van der Waals surface area (Å²) < 4.78 is 36.7. The van der Waals surface area contributed by atoms with Crippen molar-refractivity contribution in [2.24, 2.45) is 0 Å². The number of hydrogen-bond acceptors (Lipinski definition) is 7. The van der Waals surface area contributed by atoms with Crippen molar-refractivity contribution in [1.29, 1.82) is 0 Å². The van der Waals surface area contributed by atoms with Crippen LogP contribution in [0.1, 0.15) is 45.1 Å². The Balaban J connectivity index is 1.79. The summed E-state index contributed by atoms with van der Waals surface area (Å²) in [5, 5.41) is 3.09. The Morgan fingerprint density at radius 3 is 2.74 bits per heavy atom. The normalized spacial score (nSPS) is 12.3. The molecule has 0 radical (unpaired) electrons. The highest BCUT2D eigenvalue weighted by Crippen LogP contribution is 2.32. The van der Waals surface area contributed by atoms with Gasteiger partial charge in [0.05, 0.1) is 29.1 Å². The Bertz CT molecular complexity index is 1230. The molecule has 3 aromatic rings. The van der Waals surface area contributed by atoms with Gasteiger partial charge in [-0.25, -0.2) is 13.4 Å². The minimum atomic E-state index is -3.39. The highest BCUT2D eigenvalue weighted by atomic mass is 32.2. The Kier molecular flexibility index (Phi) is 9.04. The molecule has 7 nitrogen and oxygen atoms in total. The largest absolute Gasteiger partial charge is 0.491 e. The van der Waals surface area contributed by atoms with Gasteiger partial charge < -0.3 is 14.5 Å². The third kappa shape index (κ3) is 6.81. The number of anilines is 2. The van der Waals surface area contributed by atoms with E-state index in [1.807, 2.05) is 43.4 Å². The van der Waals surface area contributed by atoms with Crippen molar-refractivity contribution in [3.05, 3.63) is 78.5 Å². The molecule has 0 aliphatic heterocycles. The third-order valence-electron chi connectivity index (χ3n) is 5.13. The zero-order valence-electron chi connectivity index (χ0n) is 19.8. The van der Waals surface area contributed by atoms with Crippen LogP contribution in [-0.2, 0) is 16.3 Å². The number of nitrogens with one attached hydrogen (secondary N) is 1. The predicted octanol–water partition coefficient (Wildman–Crippen LogP) is 5.99. The number of benzene rings is 1. The van der Waals surface area contributed by atoms with Gasteiger partial charge in [0.25, 0.3) is 6.01 Å². The smallest absolute Gasteiger partial charge is 0.299 e. The molecule has 3 rings (SSSR count). The van der Waals surface area contributed by atoms with E-state index in [0.717, 1.165) is 30.5 Å². The lowest BCUT2D eigenvalue weighted by molar-refractivity contribution is 0.311. The molecule has 0 saturated carbocycles. The molecule has 1 N–H and O–H groups in total. The average Bonchev–Trinajstić information content (AvgIpc) is 3.32. The quantitative estimate of drug-likeness (QED) is 0.251. The predicted molar refractivity (Wildman–Crippen MR) is 135 cm³/mol. The van der Waals surface area contributed by atoms with Gasteiger partial charge in [0, 0.05) is 17.5 Å². The van der Waals surface area contributed by atoms with E-state index < -0.39 is 9.84 Å². The van der Waals surface area contributed by atoms with Crippen LogP contribution in [0.4, 0.5) is 11.7 Å². The van der Waals surface area contributed by atoms with Gasteiger partial charge in [-0.15, -0.1) is 0 Å². The summed E-state index contributed by atoms with van der Waals surface area (Å²) >= 11 is 0. The minimum absolute atomic E-state index is 0.00822. The summed E-state index contributed by atoms with van der Waals surface area (Å²) in [5.74, 6) is 1.15. The molecule has 0 aliphatic rings. The molecule has 2 heterocycles. The number of nitrogens with zero attached hydrogens (tertiary/aromatic N) is 2. The van der Waals surface area contributed by atoms with Crippen LogP contribution in [0.5, 0.6) is 5.75 Å². The van der Waals surface area contributed by atoms with Crippen molar-refractivity contribution in [1.82, 2.24) is 9.97 Å². The van der Waals surface area contributed by atoms with E-state index in [2.05, 4.69) is 22.2 Å². The second-order valence-electron chi connectivity index (χ2n) is 7.54. The number of allylic oxidation sites excluding steroid dienone is 4. The van der Waals surface area contributed by atoms with E-state index >= 15 is 0 Å². The molecule has 0 spiro atoms. The number of oxazole rings is 1. The van der Waals surface area contributed by atoms with Crippen molar-refractivity contribution in [2.75, 3.05) is 17.7 Å². The van der Waals surface area contributed by atoms with Crippen molar-refractivity contribution in [3.63, 3.8) is 0 Å². The Hall–Kier alpha value is -3.39. The first-order valence-electron chi connectivity index (χ1n) is 11.4. The van der Waals surface area contributed by atoms with E-state index in [-0.39, 0.29) is 16.7 Å². The zero-order chi connectivity index (χ0) is 24.4. The molecule has 0 fully saturated rings. The summed E-state index contributed by atoms with van der Waals surface area (Å²) in [4.78, 5) is 8.85. The van der Waals surface area contributed by atoms with Crippen LogP contribution in [0.3, 0.4) is 0 Å². The van der Waals surface area contributed by atoms with Gasteiger partial charge in [0.2, 0.25) is 0 Å². The highest BCUT2D eigenvalue weighted by Gasteiger charge is 2.17. The first-order chi connectivity index (χ1) is 16.5. The van der Waals surface area contributed by atoms with Gasteiger partial charge in [-0.2, -0.15) is 0 Å². The number of aromatic nitrogens is 2. The molecule has 0 aliphatic carbocycles. The second-order valence-corrected chi connectivity index (χ2v) is 9.82. The number of aryl methyl sites for hydroxylation is 1. The van der Waals surface area contributed by atoms with Crippen molar-refractivity contribution < 1.29 is 17.6 Å². The first-order valence-corrected chi connectivity index (χ1v) is 13.1. The number of sulfone groups is 1. The van der Waals surface area contributed by atoms with Gasteiger partial charge in [-0.3, -0.25) is 4.98 Å². The summed E-state index contributed by atoms with van der Waals surface area (Å²) in [7, 11) is -3.39. The van der Waals surface area contributed by atoms with Gasteiger partial charge in [-0.1, -0.05) is 38.1 Å². The summed E-state index contributed by atoms with van der Waals surface area (Å²) in [5.41, 5.74) is 2.39. The lowest BCUT2D eigenvalue weighted by Gasteiger charge is -2.13. The molecule has 0 saturated heterocycles. The zero-order valence-corrected chi connectivity index (χ0v) is 20.6. The standard InChI is InChI=1S/C26H31N3O4S/c1-4-7-11-20(5-2)25-19-28-26(33-25)29-23-18-22(34(30,31)6-3)14-15-24(23)32-17-10-13-21-12-8-9-16-27-21/h5,7-9,11-12,14-16,18-19H,4,6,10,13,17H2,1-3H3,(H,28,29)/b11-7-,20-5+. The molecule has 1 aromatic carbocycles. The molecular formula is C26H31N3O4S. The van der Waals surface area contributed by atoms with Crippen LogP contribution >= 0.6 is 0 Å². The van der Waals surface area contributed by atoms with Gasteiger partial charge in [-0.05, 0) is 56.5 Å². The Morgan fingerprint density at radius 2 is 2.03 bits per heavy atom. The maximum Gasteiger partial charge on any atom is 0.299 e. The average molecular weight is 482 g/mol. The van der Waals surface area contributed by atoms with Crippen LogP contribution in [0.2, 0.25) is 0 Å². The van der Waals surface area contributed by atoms with Gasteiger partial charge >= 0.3 is 0 Å². The van der Waals surface area contributed by atoms with Crippen molar-refractivity contribution in [3.8, 4) is 5.75 Å². The minimum Gasteiger partial charge on any atom is -0.491 e. The molecule has 8 heteroatoms. The molecular weight excluding hydrogens is 450 g/mol. The van der Waals surface area contributed by atoms with Crippen LogP contribution in [0.25, 0.3) is 5.57 Å². The van der Waals surface area contributed by atoms with Crippen molar-refractivity contribution in [2.45, 2.75) is 44.9 Å².